The molecule has 1 heterocycles. The maximum Gasteiger partial charge on any atom is 0.410 e. The van der Waals surface area contributed by atoms with Crippen LogP contribution in [0.25, 0.3) is 0 Å². The highest BCUT2D eigenvalue weighted by molar-refractivity contribution is 5.85. The number of ether oxygens (including phenoxy) is 1. The molecule has 1 aliphatic heterocycles. The average Bonchev–Trinajstić information content (AvgIpc) is 2.61. The Morgan fingerprint density at radius 2 is 1.83 bits per heavy atom. The molecule has 2 atom stereocenters. The summed E-state index contributed by atoms with van der Waals surface area (Å²) in [5, 5.41) is 0. The van der Waals surface area contributed by atoms with Crippen molar-refractivity contribution >= 4 is 18.5 Å². The van der Waals surface area contributed by atoms with Crippen molar-refractivity contribution in [2.24, 2.45) is 5.73 Å². The van der Waals surface area contributed by atoms with Gasteiger partial charge in [-0.2, -0.15) is 0 Å². The Kier molecular flexibility index (Phi) is 7.34. The van der Waals surface area contributed by atoms with Crippen molar-refractivity contribution in [2.75, 3.05) is 26.2 Å². The largest absolute Gasteiger partial charge is 0.445 e. The average molecular weight is 354 g/mol. The summed E-state index contributed by atoms with van der Waals surface area (Å²) < 4.78 is 5.41. The summed E-state index contributed by atoms with van der Waals surface area (Å²) in [6.07, 6.45) is 4.52. The monoisotopic (exact) mass is 353 g/mol. The zero-order valence-corrected chi connectivity index (χ0v) is 14.9. The first-order chi connectivity index (χ1) is 11.2. The van der Waals surface area contributed by atoms with Gasteiger partial charge in [0.15, 0.2) is 0 Å². The lowest BCUT2D eigenvalue weighted by Gasteiger charge is -2.41. The molecule has 2 fully saturated rings. The Morgan fingerprint density at radius 3 is 2.50 bits per heavy atom. The fourth-order valence-corrected chi connectivity index (χ4v) is 3.61. The van der Waals surface area contributed by atoms with Crippen molar-refractivity contribution in [3.63, 3.8) is 0 Å². The van der Waals surface area contributed by atoms with Crippen LogP contribution in [-0.4, -0.2) is 54.2 Å². The van der Waals surface area contributed by atoms with Crippen LogP contribution in [0, 0.1) is 0 Å². The number of amides is 1. The molecule has 1 aromatic rings. The second-order valence-corrected chi connectivity index (χ2v) is 6.64. The predicted molar refractivity (Wildman–Crippen MR) is 97.3 cm³/mol. The SMILES string of the molecule is Cl.N[C@@H]1CCC[C@H](N2CCN(C(=O)OCc3ccccc3)CC2)C1. The van der Waals surface area contributed by atoms with E-state index in [0.717, 1.165) is 44.6 Å². The lowest BCUT2D eigenvalue weighted by Crippen LogP contribution is -2.53. The molecule has 0 spiro atoms. The van der Waals surface area contributed by atoms with E-state index in [1.54, 1.807) is 0 Å². The van der Waals surface area contributed by atoms with Gasteiger partial charge in [-0.3, -0.25) is 4.90 Å². The lowest BCUT2D eigenvalue weighted by molar-refractivity contribution is 0.0511. The normalized spacial score (nSPS) is 25.0. The molecule has 1 aliphatic carbocycles. The number of nitrogens with zero attached hydrogens (tertiary/aromatic N) is 2. The Bertz CT molecular complexity index is 506. The molecule has 24 heavy (non-hydrogen) atoms. The van der Waals surface area contributed by atoms with E-state index in [0.29, 0.717) is 18.7 Å². The van der Waals surface area contributed by atoms with Gasteiger partial charge in [-0.15, -0.1) is 12.4 Å². The molecule has 134 valence electrons. The van der Waals surface area contributed by atoms with Gasteiger partial charge in [-0.25, -0.2) is 4.79 Å². The minimum Gasteiger partial charge on any atom is -0.445 e. The van der Waals surface area contributed by atoms with Crippen LogP contribution < -0.4 is 5.73 Å². The van der Waals surface area contributed by atoms with Gasteiger partial charge >= 0.3 is 6.09 Å². The first kappa shape index (κ1) is 19.0. The number of carbonyl (C=O) groups is 1. The highest BCUT2D eigenvalue weighted by Crippen LogP contribution is 2.23. The minimum absolute atomic E-state index is 0. The van der Waals surface area contributed by atoms with Crippen LogP contribution in [-0.2, 0) is 11.3 Å². The molecule has 0 bridgehead atoms. The molecule has 3 rings (SSSR count). The van der Waals surface area contributed by atoms with E-state index in [1.165, 1.54) is 12.8 Å². The van der Waals surface area contributed by atoms with Crippen molar-refractivity contribution in [1.29, 1.82) is 0 Å². The van der Waals surface area contributed by atoms with Gasteiger partial charge in [0.25, 0.3) is 0 Å². The third kappa shape index (κ3) is 5.10. The molecule has 0 radical (unpaired) electrons. The second kappa shape index (κ2) is 9.25. The summed E-state index contributed by atoms with van der Waals surface area (Å²) >= 11 is 0. The minimum atomic E-state index is -0.200. The van der Waals surface area contributed by atoms with Gasteiger partial charge in [-0.1, -0.05) is 36.8 Å². The summed E-state index contributed by atoms with van der Waals surface area (Å²) in [6.45, 7) is 3.70. The van der Waals surface area contributed by atoms with Crippen molar-refractivity contribution in [3.8, 4) is 0 Å². The number of rotatable bonds is 3. The standard InChI is InChI=1S/C18H27N3O2.ClH/c19-16-7-4-8-17(13-16)20-9-11-21(12-10-20)18(22)23-14-15-5-2-1-3-6-15;/h1-3,5-6,16-17H,4,7-14,19H2;1H/t16-,17+;/m1./s1. The van der Waals surface area contributed by atoms with Gasteiger partial charge in [-0.05, 0) is 24.8 Å². The van der Waals surface area contributed by atoms with E-state index in [1.807, 2.05) is 35.2 Å². The highest BCUT2D eigenvalue weighted by Gasteiger charge is 2.29. The number of halogens is 1. The van der Waals surface area contributed by atoms with E-state index in [2.05, 4.69) is 4.90 Å². The van der Waals surface area contributed by atoms with E-state index >= 15 is 0 Å². The van der Waals surface area contributed by atoms with Crippen LogP contribution in [0.5, 0.6) is 0 Å². The smallest absolute Gasteiger partial charge is 0.410 e. The molecule has 6 heteroatoms. The van der Waals surface area contributed by atoms with E-state index in [9.17, 15) is 4.79 Å². The summed E-state index contributed by atoms with van der Waals surface area (Å²) in [5.74, 6) is 0. The van der Waals surface area contributed by atoms with Crippen LogP contribution in [0.1, 0.15) is 31.2 Å². The molecule has 2 N–H and O–H groups in total. The van der Waals surface area contributed by atoms with Crippen molar-refractivity contribution < 1.29 is 9.53 Å². The predicted octanol–water partition coefficient (Wildman–Crippen LogP) is 2.63. The zero-order chi connectivity index (χ0) is 16.1. The fourth-order valence-electron chi connectivity index (χ4n) is 3.61. The van der Waals surface area contributed by atoms with Crippen LogP contribution in [0.3, 0.4) is 0 Å². The zero-order valence-electron chi connectivity index (χ0n) is 14.1. The number of nitrogens with two attached hydrogens (primary N) is 1. The Hall–Kier alpha value is -1.30. The van der Waals surface area contributed by atoms with E-state index in [-0.39, 0.29) is 18.5 Å². The first-order valence-electron chi connectivity index (χ1n) is 8.67. The van der Waals surface area contributed by atoms with Gasteiger partial charge < -0.3 is 15.4 Å². The van der Waals surface area contributed by atoms with Gasteiger partial charge in [0.2, 0.25) is 0 Å². The number of carbonyl (C=O) groups excluding carboxylic acids is 1. The summed E-state index contributed by atoms with van der Waals surface area (Å²) in [5.41, 5.74) is 7.11. The molecule has 1 saturated carbocycles. The quantitative estimate of drug-likeness (QED) is 0.907. The van der Waals surface area contributed by atoms with Gasteiger partial charge in [0.1, 0.15) is 6.61 Å². The number of hydrogen-bond acceptors (Lipinski definition) is 4. The summed E-state index contributed by atoms with van der Waals surface area (Å²) in [7, 11) is 0. The molecule has 0 aromatic heterocycles. The van der Waals surface area contributed by atoms with Crippen molar-refractivity contribution in [3.05, 3.63) is 35.9 Å². The lowest BCUT2D eigenvalue weighted by atomic mass is 9.90. The Labute approximate surface area is 150 Å². The van der Waals surface area contributed by atoms with Crippen LogP contribution in [0.15, 0.2) is 30.3 Å². The number of piperazine rings is 1. The molecule has 5 nitrogen and oxygen atoms in total. The molecule has 1 amide bonds. The second-order valence-electron chi connectivity index (χ2n) is 6.64. The third-order valence-electron chi connectivity index (χ3n) is 4.98. The maximum atomic E-state index is 12.2. The molecular weight excluding hydrogens is 326 g/mol. The van der Waals surface area contributed by atoms with Crippen molar-refractivity contribution in [2.45, 2.75) is 44.4 Å². The van der Waals surface area contributed by atoms with Crippen LogP contribution in [0.2, 0.25) is 0 Å². The molecular formula is C18H28ClN3O2. The summed E-state index contributed by atoms with van der Waals surface area (Å²) in [4.78, 5) is 16.5. The molecule has 1 aromatic carbocycles. The maximum absolute atomic E-state index is 12.2. The molecule has 1 saturated heterocycles. The Morgan fingerprint density at radius 1 is 1.12 bits per heavy atom. The molecule has 2 aliphatic rings. The van der Waals surface area contributed by atoms with Crippen LogP contribution >= 0.6 is 12.4 Å². The fraction of sp³-hybridized carbons (Fsp3) is 0.611. The van der Waals surface area contributed by atoms with E-state index < -0.39 is 0 Å². The van der Waals surface area contributed by atoms with Gasteiger partial charge in [0, 0.05) is 38.3 Å². The highest BCUT2D eigenvalue weighted by atomic mass is 35.5. The van der Waals surface area contributed by atoms with Gasteiger partial charge in [0.05, 0.1) is 0 Å². The number of benzene rings is 1. The Balaban J connectivity index is 0.00000208. The third-order valence-corrected chi connectivity index (χ3v) is 4.98. The van der Waals surface area contributed by atoms with Crippen LogP contribution in [0.4, 0.5) is 4.79 Å². The number of hydrogen-bond donors (Lipinski definition) is 1. The first-order valence-corrected chi connectivity index (χ1v) is 8.67. The van der Waals surface area contributed by atoms with Crippen molar-refractivity contribution in [1.82, 2.24) is 9.80 Å². The summed E-state index contributed by atoms with van der Waals surface area (Å²) in [6, 6.07) is 10.8. The van der Waals surface area contributed by atoms with E-state index in [4.69, 9.17) is 10.5 Å². The molecule has 0 unspecified atom stereocenters. The topological polar surface area (TPSA) is 58.8 Å².